The van der Waals surface area contributed by atoms with E-state index in [0.29, 0.717) is 22.9 Å². The third-order valence-electron chi connectivity index (χ3n) is 3.57. The van der Waals surface area contributed by atoms with Crippen LogP contribution in [0.4, 0.5) is 11.4 Å². The number of amides is 1. The summed E-state index contributed by atoms with van der Waals surface area (Å²) >= 11 is 0. The molecule has 1 amide bonds. The molecule has 1 aromatic carbocycles. The second-order valence-electron chi connectivity index (χ2n) is 6.13. The lowest BCUT2D eigenvalue weighted by atomic mass is 10.1. The van der Waals surface area contributed by atoms with Crippen LogP contribution in [0.3, 0.4) is 0 Å². The van der Waals surface area contributed by atoms with Crippen LogP contribution in [0.5, 0.6) is 0 Å². The number of Topliss-reactive ketones (excluding diaryl/α,β-unsaturated/α-hetero) is 1. The van der Waals surface area contributed by atoms with Crippen molar-refractivity contribution in [2.24, 2.45) is 5.92 Å². The molecule has 0 unspecified atom stereocenters. The predicted octanol–water partition coefficient (Wildman–Crippen LogP) is 3.99. The average molecular weight is 325 g/mol. The second-order valence-corrected chi connectivity index (χ2v) is 6.13. The largest absolute Gasteiger partial charge is 0.384 e. The van der Waals surface area contributed by atoms with Gasteiger partial charge in [-0.3, -0.25) is 9.59 Å². The fourth-order valence-electron chi connectivity index (χ4n) is 2.15. The van der Waals surface area contributed by atoms with Gasteiger partial charge in [0.15, 0.2) is 5.78 Å². The summed E-state index contributed by atoms with van der Waals surface area (Å²) in [4.78, 5) is 27.8. The van der Waals surface area contributed by atoms with Crippen molar-refractivity contribution in [1.29, 1.82) is 0 Å². The van der Waals surface area contributed by atoms with Crippen molar-refractivity contribution in [1.82, 2.24) is 4.98 Å². The first-order valence-corrected chi connectivity index (χ1v) is 8.08. The molecule has 2 aromatic rings. The highest BCUT2D eigenvalue weighted by molar-refractivity contribution is 6.04. The van der Waals surface area contributed by atoms with Crippen LogP contribution in [0.15, 0.2) is 42.6 Å². The van der Waals surface area contributed by atoms with Crippen molar-refractivity contribution < 1.29 is 9.59 Å². The number of hydrogen-bond acceptors (Lipinski definition) is 4. The van der Waals surface area contributed by atoms with Gasteiger partial charge in [0.25, 0.3) is 5.91 Å². The summed E-state index contributed by atoms with van der Waals surface area (Å²) in [5, 5.41) is 6.04. The molecule has 0 bridgehead atoms. The first-order valence-electron chi connectivity index (χ1n) is 8.08. The maximum atomic E-state index is 12.2. The summed E-state index contributed by atoms with van der Waals surface area (Å²) in [5.41, 5.74) is 2.36. The van der Waals surface area contributed by atoms with E-state index in [2.05, 4.69) is 29.5 Å². The molecule has 5 nitrogen and oxygen atoms in total. The minimum atomic E-state index is -0.301. The molecule has 2 N–H and O–H groups in total. The standard InChI is InChI=1S/C19H23N3O2/c1-13(2)9-10-20-17-7-8-18(21-12-17)19(24)22-16-6-4-5-15(11-16)14(3)23/h4-8,11-13,20H,9-10H2,1-3H3,(H,22,24). The van der Waals surface area contributed by atoms with Gasteiger partial charge in [0.05, 0.1) is 11.9 Å². The van der Waals surface area contributed by atoms with Crippen molar-refractivity contribution in [3.63, 3.8) is 0 Å². The molecule has 1 aromatic heterocycles. The Morgan fingerprint density at radius 2 is 1.92 bits per heavy atom. The lowest BCUT2D eigenvalue weighted by molar-refractivity contribution is 0.100. The zero-order chi connectivity index (χ0) is 17.5. The van der Waals surface area contributed by atoms with E-state index in [-0.39, 0.29) is 11.7 Å². The van der Waals surface area contributed by atoms with Crippen LogP contribution in [0.25, 0.3) is 0 Å². The van der Waals surface area contributed by atoms with Gasteiger partial charge in [0.1, 0.15) is 5.69 Å². The van der Waals surface area contributed by atoms with Gasteiger partial charge >= 0.3 is 0 Å². The van der Waals surface area contributed by atoms with Crippen LogP contribution >= 0.6 is 0 Å². The maximum absolute atomic E-state index is 12.2. The second kappa shape index (κ2) is 8.24. The van der Waals surface area contributed by atoms with Gasteiger partial charge in [-0.1, -0.05) is 26.0 Å². The molecule has 0 fully saturated rings. The zero-order valence-electron chi connectivity index (χ0n) is 14.3. The Bertz CT molecular complexity index is 709. The lowest BCUT2D eigenvalue weighted by Gasteiger charge is -2.09. The topological polar surface area (TPSA) is 71.1 Å². The highest BCUT2D eigenvalue weighted by atomic mass is 16.2. The van der Waals surface area contributed by atoms with Gasteiger partial charge in [-0.15, -0.1) is 0 Å². The summed E-state index contributed by atoms with van der Waals surface area (Å²) in [7, 11) is 0. The normalized spacial score (nSPS) is 10.5. The number of aromatic nitrogens is 1. The molecule has 0 saturated heterocycles. The summed E-state index contributed by atoms with van der Waals surface area (Å²) in [6.07, 6.45) is 2.73. The molecule has 0 aliphatic heterocycles. The smallest absolute Gasteiger partial charge is 0.274 e. The molecule has 24 heavy (non-hydrogen) atoms. The molecule has 0 aliphatic rings. The minimum Gasteiger partial charge on any atom is -0.384 e. The average Bonchev–Trinajstić information content (AvgIpc) is 2.55. The number of nitrogens with one attached hydrogen (secondary N) is 2. The molecule has 126 valence electrons. The number of pyridine rings is 1. The van der Waals surface area contributed by atoms with E-state index in [1.807, 2.05) is 6.07 Å². The molecular formula is C19H23N3O2. The van der Waals surface area contributed by atoms with Crippen molar-refractivity contribution in [2.75, 3.05) is 17.2 Å². The molecule has 5 heteroatoms. The molecule has 0 atom stereocenters. The van der Waals surface area contributed by atoms with E-state index in [9.17, 15) is 9.59 Å². The number of carbonyl (C=O) groups excluding carboxylic acids is 2. The number of hydrogen-bond donors (Lipinski definition) is 2. The molecule has 0 saturated carbocycles. The van der Waals surface area contributed by atoms with Crippen molar-refractivity contribution >= 4 is 23.1 Å². The van der Waals surface area contributed by atoms with Gasteiger partial charge in [-0.05, 0) is 43.5 Å². The summed E-state index contributed by atoms with van der Waals surface area (Å²) in [5.74, 6) is 0.298. The fourth-order valence-corrected chi connectivity index (χ4v) is 2.15. The number of anilines is 2. The van der Waals surface area contributed by atoms with E-state index in [0.717, 1.165) is 18.7 Å². The molecule has 1 heterocycles. The number of ketones is 1. The summed E-state index contributed by atoms with van der Waals surface area (Å²) < 4.78 is 0. The third-order valence-corrected chi connectivity index (χ3v) is 3.57. The third kappa shape index (κ3) is 5.19. The summed E-state index contributed by atoms with van der Waals surface area (Å²) in [6, 6.07) is 10.4. The Kier molecular flexibility index (Phi) is 6.07. The van der Waals surface area contributed by atoms with Crippen molar-refractivity contribution in [3.05, 3.63) is 53.9 Å². The van der Waals surface area contributed by atoms with Gasteiger partial charge in [-0.25, -0.2) is 4.98 Å². The predicted molar refractivity (Wildman–Crippen MR) is 96.6 cm³/mol. The molecule has 2 rings (SSSR count). The monoisotopic (exact) mass is 325 g/mol. The first-order chi connectivity index (χ1) is 11.5. The highest BCUT2D eigenvalue weighted by Gasteiger charge is 2.09. The number of benzene rings is 1. The van der Waals surface area contributed by atoms with Crippen LogP contribution in [0.2, 0.25) is 0 Å². The van der Waals surface area contributed by atoms with Crippen LogP contribution in [0, 0.1) is 5.92 Å². The quantitative estimate of drug-likeness (QED) is 0.755. The van der Waals surface area contributed by atoms with Gasteiger partial charge in [-0.2, -0.15) is 0 Å². The van der Waals surface area contributed by atoms with Crippen molar-refractivity contribution in [3.8, 4) is 0 Å². The number of rotatable bonds is 7. The molecule has 0 radical (unpaired) electrons. The molecule has 0 spiro atoms. The highest BCUT2D eigenvalue weighted by Crippen LogP contribution is 2.13. The fraction of sp³-hybridized carbons (Fsp3) is 0.316. The van der Waals surface area contributed by atoms with Gasteiger partial charge in [0, 0.05) is 17.8 Å². The van der Waals surface area contributed by atoms with Crippen LogP contribution in [-0.2, 0) is 0 Å². The molecule has 0 aliphatic carbocycles. The van der Waals surface area contributed by atoms with E-state index in [1.165, 1.54) is 6.92 Å². The Morgan fingerprint density at radius 1 is 1.12 bits per heavy atom. The summed E-state index contributed by atoms with van der Waals surface area (Å²) in [6.45, 7) is 6.72. The number of nitrogens with zero attached hydrogens (tertiary/aromatic N) is 1. The minimum absolute atomic E-state index is 0.0407. The van der Waals surface area contributed by atoms with Crippen molar-refractivity contribution in [2.45, 2.75) is 27.2 Å². The lowest BCUT2D eigenvalue weighted by Crippen LogP contribution is -2.14. The van der Waals surface area contributed by atoms with E-state index in [1.54, 1.807) is 36.5 Å². The van der Waals surface area contributed by atoms with Crippen LogP contribution in [-0.4, -0.2) is 23.2 Å². The Balaban J connectivity index is 1.97. The molecular weight excluding hydrogens is 302 g/mol. The van der Waals surface area contributed by atoms with Crippen LogP contribution in [0.1, 0.15) is 48.0 Å². The SMILES string of the molecule is CC(=O)c1cccc(NC(=O)c2ccc(NCCC(C)C)cn2)c1. The maximum Gasteiger partial charge on any atom is 0.274 e. The Hall–Kier alpha value is -2.69. The van der Waals surface area contributed by atoms with E-state index >= 15 is 0 Å². The van der Waals surface area contributed by atoms with E-state index < -0.39 is 0 Å². The Morgan fingerprint density at radius 3 is 2.54 bits per heavy atom. The zero-order valence-corrected chi connectivity index (χ0v) is 14.3. The van der Waals surface area contributed by atoms with Gasteiger partial charge in [0.2, 0.25) is 0 Å². The number of carbonyl (C=O) groups is 2. The van der Waals surface area contributed by atoms with Gasteiger partial charge < -0.3 is 10.6 Å². The Labute approximate surface area is 142 Å². The first kappa shape index (κ1) is 17.7. The van der Waals surface area contributed by atoms with Crippen LogP contribution < -0.4 is 10.6 Å². The van der Waals surface area contributed by atoms with E-state index in [4.69, 9.17) is 0 Å².